The molecule has 0 spiro atoms. The molecule has 0 bridgehead atoms. The van der Waals surface area contributed by atoms with Crippen LogP contribution in [0.5, 0.6) is 0 Å². The van der Waals surface area contributed by atoms with Crippen molar-refractivity contribution in [1.29, 1.82) is 0 Å². The number of hydrogen-bond acceptors (Lipinski definition) is 2. The molecule has 1 aliphatic rings. The third kappa shape index (κ3) is 1.48. The maximum Gasteiger partial charge on any atom is 0.140 e. The zero-order chi connectivity index (χ0) is 9.31. The van der Waals surface area contributed by atoms with Crippen LogP contribution in [0.1, 0.15) is 18.9 Å². The monoisotopic (exact) mass is 183 g/mol. The van der Waals surface area contributed by atoms with Gasteiger partial charge in [-0.3, -0.25) is 0 Å². The van der Waals surface area contributed by atoms with Gasteiger partial charge in [0.25, 0.3) is 0 Å². The molecule has 2 rings (SSSR count). The van der Waals surface area contributed by atoms with Crippen molar-refractivity contribution in [2.45, 2.75) is 19.0 Å². The van der Waals surface area contributed by atoms with Crippen LogP contribution in [0.3, 0.4) is 0 Å². The van der Waals surface area contributed by atoms with Crippen molar-refractivity contribution < 1.29 is 8.81 Å². The van der Waals surface area contributed by atoms with Crippen molar-refractivity contribution in [3.8, 4) is 0 Å². The fourth-order valence-corrected chi connectivity index (χ4v) is 1.90. The normalized spacial score (nSPS) is 27.4. The molecule has 2 unspecified atom stereocenters. The molecule has 1 aliphatic heterocycles. The average Bonchev–Trinajstić information content (AvgIpc) is 2.78. The fraction of sp³-hybridized carbons (Fsp3) is 0.600. The van der Waals surface area contributed by atoms with Gasteiger partial charge < -0.3 is 9.73 Å². The van der Waals surface area contributed by atoms with E-state index in [-0.39, 0.29) is 5.92 Å². The number of hydrogen-bond donors (Lipinski definition) is 1. The van der Waals surface area contributed by atoms with Crippen LogP contribution in [0, 0.1) is 5.92 Å². The minimum absolute atomic E-state index is 0.0742. The van der Waals surface area contributed by atoms with E-state index in [4.69, 9.17) is 4.42 Å². The van der Waals surface area contributed by atoms with Crippen LogP contribution in [0.15, 0.2) is 23.0 Å². The van der Waals surface area contributed by atoms with Gasteiger partial charge in [-0.15, -0.1) is 0 Å². The van der Waals surface area contributed by atoms with Gasteiger partial charge in [0.05, 0.1) is 12.5 Å². The van der Waals surface area contributed by atoms with Crippen LogP contribution >= 0.6 is 0 Å². The molecule has 1 aromatic rings. The molecule has 1 aromatic heterocycles. The van der Waals surface area contributed by atoms with E-state index in [0.29, 0.717) is 5.56 Å². The maximum absolute atomic E-state index is 14.3. The summed E-state index contributed by atoms with van der Waals surface area (Å²) in [6, 6.07) is 1.71. The molecular weight excluding hydrogens is 169 g/mol. The quantitative estimate of drug-likeness (QED) is 0.759. The zero-order valence-corrected chi connectivity index (χ0v) is 7.72. The van der Waals surface area contributed by atoms with Crippen molar-refractivity contribution in [1.82, 2.24) is 5.32 Å². The first-order valence-electron chi connectivity index (χ1n) is 4.63. The van der Waals surface area contributed by atoms with Gasteiger partial charge in [0.1, 0.15) is 5.67 Å². The van der Waals surface area contributed by atoms with E-state index in [1.807, 2.05) is 0 Å². The number of rotatable bonds is 2. The van der Waals surface area contributed by atoms with Crippen LogP contribution in [0.4, 0.5) is 4.39 Å². The Bertz CT molecular complexity index is 262. The van der Waals surface area contributed by atoms with Gasteiger partial charge >= 0.3 is 0 Å². The highest BCUT2D eigenvalue weighted by atomic mass is 19.1. The summed E-state index contributed by atoms with van der Waals surface area (Å²) in [5, 5.41) is 3.17. The Morgan fingerprint density at radius 1 is 1.69 bits per heavy atom. The molecule has 3 heteroatoms. The predicted octanol–water partition coefficient (Wildman–Crippen LogP) is 2.07. The van der Waals surface area contributed by atoms with Gasteiger partial charge in [-0.2, -0.15) is 0 Å². The third-order valence-electron chi connectivity index (χ3n) is 2.91. The summed E-state index contributed by atoms with van der Waals surface area (Å²) in [4.78, 5) is 0. The van der Waals surface area contributed by atoms with Crippen molar-refractivity contribution >= 4 is 0 Å². The summed E-state index contributed by atoms with van der Waals surface area (Å²) in [6.07, 6.45) is 3.92. The van der Waals surface area contributed by atoms with Gasteiger partial charge in [-0.25, -0.2) is 4.39 Å². The minimum atomic E-state index is -1.25. The highest BCUT2D eigenvalue weighted by molar-refractivity contribution is 5.17. The van der Waals surface area contributed by atoms with Crippen molar-refractivity contribution in [3.05, 3.63) is 24.2 Å². The summed E-state index contributed by atoms with van der Waals surface area (Å²) in [6.45, 7) is 3.32. The minimum Gasteiger partial charge on any atom is -0.472 e. The Morgan fingerprint density at radius 2 is 2.54 bits per heavy atom. The van der Waals surface area contributed by atoms with Crippen LogP contribution in [-0.2, 0) is 5.67 Å². The second-order valence-corrected chi connectivity index (χ2v) is 3.78. The topological polar surface area (TPSA) is 25.2 Å². The smallest absolute Gasteiger partial charge is 0.140 e. The lowest BCUT2D eigenvalue weighted by atomic mass is 9.85. The van der Waals surface area contributed by atoms with Crippen molar-refractivity contribution in [3.63, 3.8) is 0 Å². The molecule has 2 heterocycles. The molecule has 1 fully saturated rings. The van der Waals surface area contributed by atoms with E-state index in [9.17, 15) is 4.39 Å². The molecule has 0 radical (unpaired) electrons. The molecular formula is C10H14FNO. The molecule has 2 nitrogen and oxygen atoms in total. The second kappa shape index (κ2) is 3.14. The summed E-state index contributed by atoms with van der Waals surface area (Å²) < 4.78 is 19.2. The first kappa shape index (κ1) is 8.75. The average molecular weight is 183 g/mol. The molecule has 0 aromatic carbocycles. The third-order valence-corrected chi connectivity index (χ3v) is 2.91. The predicted molar refractivity (Wildman–Crippen MR) is 48.1 cm³/mol. The SMILES string of the molecule is CC(F)(c1ccoc1)C1CCNC1. The van der Waals surface area contributed by atoms with E-state index in [1.54, 1.807) is 13.0 Å². The highest BCUT2D eigenvalue weighted by Crippen LogP contribution is 2.37. The Hall–Kier alpha value is -0.830. The summed E-state index contributed by atoms with van der Waals surface area (Å²) in [5.41, 5.74) is -0.600. The van der Waals surface area contributed by atoms with Gasteiger partial charge in [0.15, 0.2) is 0 Å². The first-order chi connectivity index (χ1) is 6.21. The van der Waals surface area contributed by atoms with E-state index in [1.165, 1.54) is 12.5 Å². The van der Waals surface area contributed by atoms with Crippen molar-refractivity contribution in [2.24, 2.45) is 5.92 Å². The van der Waals surface area contributed by atoms with Crippen LogP contribution < -0.4 is 5.32 Å². The Kier molecular flexibility index (Phi) is 2.12. The lowest BCUT2D eigenvalue weighted by Gasteiger charge is -2.25. The standard InChI is InChI=1S/C10H14FNO/c1-10(11,8-2-4-12-6-8)9-3-5-13-7-9/h3,5,7-8,12H,2,4,6H2,1H3. The van der Waals surface area contributed by atoms with Gasteiger partial charge in [0.2, 0.25) is 0 Å². The second-order valence-electron chi connectivity index (χ2n) is 3.78. The molecule has 1 saturated heterocycles. The Labute approximate surface area is 77.1 Å². The number of halogens is 1. The van der Waals surface area contributed by atoms with E-state index < -0.39 is 5.67 Å². The van der Waals surface area contributed by atoms with Gasteiger partial charge in [0, 0.05) is 18.0 Å². The van der Waals surface area contributed by atoms with Crippen molar-refractivity contribution in [2.75, 3.05) is 13.1 Å². The molecule has 0 amide bonds. The largest absolute Gasteiger partial charge is 0.472 e. The van der Waals surface area contributed by atoms with Gasteiger partial charge in [-0.1, -0.05) is 0 Å². The molecule has 0 aliphatic carbocycles. The maximum atomic E-state index is 14.3. The van der Waals surface area contributed by atoms with E-state index in [0.717, 1.165) is 19.5 Å². The summed E-state index contributed by atoms with van der Waals surface area (Å²) >= 11 is 0. The Balaban J connectivity index is 2.19. The van der Waals surface area contributed by atoms with Crippen LogP contribution in [0.2, 0.25) is 0 Å². The Morgan fingerprint density at radius 3 is 3.08 bits per heavy atom. The van der Waals surface area contributed by atoms with Gasteiger partial charge in [-0.05, 0) is 26.0 Å². The molecule has 72 valence electrons. The lowest BCUT2D eigenvalue weighted by Crippen LogP contribution is -2.28. The molecule has 13 heavy (non-hydrogen) atoms. The number of alkyl halides is 1. The van der Waals surface area contributed by atoms with Crippen LogP contribution in [0.25, 0.3) is 0 Å². The summed E-state index contributed by atoms with van der Waals surface area (Å²) in [5.74, 6) is 0.0742. The number of nitrogens with one attached hydrogen (secondary N) is 1. The highest BCUT2D eigenvalue weighted by Gasteiger charge is 2.38. The number of furan rings is 1. The molecule has 0 saturated carbocycles. The fourth-order valence-electron chi connectivity index (χ4n) is 1.90. The molecule has 1 N–H and O–H groups in total. The molecule has 2 atom stereocenters. The first-order valence-corrected chi connectivity index (χ1v) is 4.63. The van der Waals surface area contributed by atoms with Crippen LogP contribution in [-0.4, -0.2) is 13.1 Å². The zero-order valence-electron chi connectivity index (χ0n) is 7.72. The lowest BCUT2D eigenvalue weighted by molar-refractivity contribution is 0.111. The van der Waals surface area contributed by atoms with E-state index in [2.05, 4.69) is 5.32 Å². The summed E-state index contributed by atoms with van der Waals surface area (Å²) in [7, 11) is 0. The van der Waals surface area contributed by atoms with E-state index >= 15 is 0 Å².